The van der Waals surface area contributed by atoms with Crippen molar-refractivity contribution in [2.24, 2.45) is 4.99 Å². The third-order valence-corrected chi connectivity index (χ3v) is 2.82. The van der Waals surface area contributed by atoms with Crippen molar-refractivity contribution in [2.75, 3.05) is 7.11 Å². The van der Waals surface area contributed by atoms with Crippen LogP contribution in [-0.4, -0.2) is 23.3 Å². The Balaban J connectivity index is 1.84. The van der Waals surface area contributed by atoms with E-state index in [1.54, 1.807) is 13.3 Å². The molecule has 4 nitrogen and oxygen atoms in total. The number of aliphatic imine (C=N–C) groups is 1. The first-order chi connectivity index (χ1) is 9.35. The first-order valence-corrected chi connectivity index (χ1v) is 5.98. The molecule has 19 heavy (non-hydrogen) atoms. The highest BCUT2D eigenvalue weighted by molar-refractivity contribution is 5.85. The Morgan fingerprint density at radius 3 is 2.63 bits per heavy atom. The van der Waals surface area contributed by atoms with Crippen LogP contribution < -0.4 is 4.74 Å². The average Bonchev–Trinajstić information content (AvgIpc) is 2.88. The predicted octanol–water partition coefficient (Wildman–Crippen LogP) is 3.32. The van der Waals surface area contributed by atoms with Crippen LogP contribution in [0, 0.1) is 0 Å². The first kappa shape index (κ1) is 11.5. The van der Waals surface area contributed by atoms with Crippen molar-refractivity contribution in [2.45, 2.75) is 0 Å². The normalized spacial score (nSPS) is 11.2. The van der Waals surface area contributed by atoms with Gasteiger partial charge in [0.2, 0.25) is 0 Å². The maximum absolute atomic E-state index is 5.10. The van der Waals surface area contributed by atoms with Gasteiger partial charge in [0.25, 0.3) is 0 Å². The second-order valence-electron chi connectivity index (χ2n) is 4.10. The highest BCUT2D eigenvalue weighted by Gasteiger charge is 1.98. The van der Waals surface area contributed by atoms with Gasteiger partial charge < -0.3 is 9.72 Å². The van der Waals surface area contributed by atoms with Crippen LogP contribution in [-0.2, 0) is 0 Å². The monoisotopic (exact) mass is 251 g/mol. The minimum atomic E-state index is 0.747. The van der Waals surface area contributed by atoms with Gasteiger partial charge >= 0.3 is 0 Å². The molecule has 4 heteroatoms. The van der Waals surface area contributed by atoms with E-state index in [1.807, 2.05) is 48.5 Å². The van der Waals surface area contributed by atoms with Gasteiger partial charge in [0.05, 0.1) is 30.0 Å². The molecule has 0 aliphatic carbocycles. The Kier molecular flexibility index (Phi) is 2.98. The minimum absolute atomic E-state index is 0.747. The highest BCUT2D eigenvalue weighted by atomic mass is 16.5. The number of nitrogens with zero attached hydrogens (tertiary/aromatic N) is 2. The van der Waals surface area contributed by atoms with Crippen molar-refractivity contribution in [1.82, 2.24) is 9.97 Å². The molecule has 1 aromatic heterocycles. The highest BCUT2D eigenvalue weighted by Crippen LogP contribution is 2.17. The fourth-order valence-corrected chi connectivity index (χ4v) is 1.84. The summed E-state index contributed by atoms with van der Waals surface area (Å²) in [5.74, 6) is 1.57. The van der Waals surface area contributed by atoms with E-state index in [2.05, 4.69) is 15.0 Å². The van der Waals surface area contributed by atoms with Crippen molar-refractivity contribution >= 4 is 22.9 Å². The van der Waals surface area contributed by atoms with E-state index >= 15 is 0 Å². The molecule has 3 aromatic rings. The molecule has 0 spiro atoms. The standard InChI is InChI=1S/C15H13N3O/c1-19-12-8-6-11(7-9-12)16-10-15-17-13-4-2-3-5-14(13)18-15/h2-10H,1H3,(H,17,18). The molecule has 0 fully saturated rings. The van der Waals surface area contributed by atoms with E-state index in [0.29, 0.717) is 0 Å². The second kappa shape index (κ2) is 4.94. The van der Waals surface area contributed by atoms with Gasteiger partial charge in [-0.2, -0.15) is 0 Å². The third-order valence-electron chi connectivity index (χ3n) is 2.82. The predicted molar refractivity (Wildman–Crippen MR) is 76.3 cm³/mol. The fourth-order valence-electron chi connectivity index (χ4n) is 1.84. The summed E-state index contributed by atoms with van der Waals surface area (Å²) in [5, 5.41) is 0. The zero-order valence-electron chi connectivity index (χ0n) is 10.5. The first-order valence-electron chi connectivity index (χ1n) is 5.98. The van der Waals surface area contributed by atoms with Crippen LogP contribution in [0.5, 0.6) is 5.75 Å². The van der Waals surface area contributed by atoms with Crippen LogP contribution >= 0.6 is 0 Å². The summed E-state index contributed by atoms with van der Waals surface area (Å²) in [4.78, 5) is 12.0. The summed E-state index contributed by atoms with van der Waals surface area (Å²) < 4.78 is 5.10. The van der Waals surface area contributed by atoms with Crippen molar-refractivity contribution < 1.29 is 4.74 Å². The fraction of sp³-hybridized carbons (Fsp3) is 0.0667. The molecule has 0 atom stereocenters. The molecule has 0 radical (unpaired) electrons. The molecule has 1 N–H and O–H groups in total. The SMILES string of the molecule is COc1ccc(N=Cc2nc3ccccc3[nH]2)cc1. The van der Waals surface area contributed by atoms with Crippen molar-refractivity contribution in [3.63, 3.8) is 0 Å². The number of hydrogen-bond acceptors (Lipinski definition) is 3. The van der Waals surface area contributed by atoms with E-state index in [1.165, 1.54) is 0 Å². The number of ether oxygens (including phenoxy) is 1. The van der Waals surface area contributed by atoms with Crippen molar-refractivity contribution in [1.29, 1.82) is 0 Å². The van der Waals surface area contributed by atoms with Crippen LogP contribution in [0.2, 0.25) is 0 Å². The molecule has 0 saturated heterocycles. The summed E-state index contributed by atoms with van der Waals surface area (Å²) in [6, 6.07) is 15.5. The minimum Gasteiger partial charge on any atom is -0.497 e. The Morgan fingerprint density at radius 2 is 1.89 bits per heavy atom. The number of aromatic amines is 1. The van der Waals surface area contributed by atoms with E-state index in [0.717, 1.165) is 28.3 Å². The molecule has 0 aliphatic rings. The number of hydrogen-bond donors (Lipinski definition) is 1. The van der Waals surface area contributed by atoms with Crippen LogP contribution in [0.4, 0.5) is 5.69 Å². The lowest BCUT2D eigenvalue weighted by molar-refractivity contribution is 0.415. The third kappa shape index (κ3) is 2.47. The Labute approximate surface area is 110 Å². The number of methoxy groups -OCH3 is 1. The van der Waals surface area contributed by atoms with E-state index in [-0.39, 0.29) is 0 Å². The van der Waals surface area contributed by atoms with E-state index in [4.69, 9.17) is 4.74 Å². The zero-order valence-corrected chi connectivity index (χ0v) is 10.5. The number of imidazole rings is 1. The number of H-pyrrole nitrogens is 1. The van der Waals surface area contributed by atoms with Gasteiger partial charge in [-0.05, 0) is 36.4 Å². The van der Waals surface area contributed by atoms with Gasteiger partial charge in [-0.1, -0.05) is 12.1 Å². The summed E-state index contributed by atoms with van der Waals surface area (Å²) in [6.07, 6.45) is 1.72. The number of para-hydroxylation sites is 2. The Morgan fingerprint density at radius 1 is 1.11 bits per heavy atom. The lowest BCUT2D eigenvalue weighted by atomic mass is 10.3. The van der Waals surface area contributed by atoms with Crippen molar-refractivity contribution in [3.05, 3.63) is 54.4 Å². The van der Waals surface area contributed by atoms with Gasteiger partial charge in [0.15, 0.2) is 0 Å². The number of nitrogens with one attached hydrogen (secondary N) is 1. The molecule has 0 amide bonds. The van der Waals surface area contributed by atoms with Gasteiger partial charge in [-0.15, -0.1) is 0 Å². The Hall–Kier alpha value is -2.62. The van der Waals surface area contributed by atoms with E-state index in [9.17, 15) is 0 Å². The van der Waals surface area contributed by atoms with Crippen LogP contribution in [0.1, 0.15) is 5.82 Å². The molecule has 0 aliphatic heterocycles. The van der Waals surface area contributed by atoms with Gasteiger partial charge in [-0.3, -0.25) is 4.99 Å². The number of fused-ring (bicyclic) bond motifs is 1. The number of benzene rings is 2. The largest absolute Gasteiger partial charge is 0.497 e. The van der Waals surface area contributed by atoms with Gasteiger partial charge in [0.1, 0.15) is 11.6 Å². The van der Waals surface area contributed by atoms with Crippen LogP contribution in [0.25, 0.3) is 11.0 Å². The van der Waals surface area contributed by atoms with E-state index < -0.39 is 0 Å². The molecule has 2 aromatic carbocycles. The molecular weight excluding hydrogens is 238 g/mol. The number of rotatable bonds is 3. The maximum Gasteiger partial charge on any atom is 0.149 e. The molecule has 1 heterocycles. The quantitative estimate of drug-likeness (QED) is 0.726. The smallest absolute Gasteiger partial charge is 0.149 e. The van der Waals surface area contributed by atoms with Crippen LogP contribution in [0.3, 0.4) is 0 Å². The molecule has 0 unspecified atom stereocenters. The summed E-state index contributed by atoms with van der Waals surface area (Å²) >= 11 is 0. The molecule has 0 saturated carbocycles. The summed E-state index contributed by atoms with van der Waals surface area (Å²) in [7, 11) is 1.65. The lowest BCUT2D eigenvalue weighted by Crippen LogP contribution is -1.83. The maximum atomic E-state index is 5.10. The summed E-state index contributed by atoms with van der Waals surface area (Å²) in [6.45, 7) is 0. The van der Waals surface area contributed by atoms with Gasteiger partial charge in [-0.25, -0.2) is 4.98 Å². The lowest BCUT2D eigenvalue weighted by Gasteiger charge is -1.98. The second-order valence-corrected chi connectivity index (χ2v) is 4.10. The molecule has 94 valence electrons. The topological polar surface area (TPSA) is 50.3 Å². The molecule has 0 bridgehead atoms. The Bertz CT molecular complexity index is 681. The van der Waals surface area contributed by atoms with Gasteiger partial charge in [0, 0.05) is 0 Å². The molecular formula is C15H13N3O. The van der Waals surface area contributed by atoms with Crippen LogP contribution in [0.15, 0.2) is 53.5 Å². The zero-order chi connectivity index (χ0) is 13.1. The van der Waals surface area contributed by atoms with Crippen molar-refractivity contribution in [3.8, 4) is 5.75 Å². The average molecular weight is 251 g/mol. The molecule has 3 rings (SSSR count). The summed E-state index contributed by atoms with van der Waals surface area (Å²) in [5.41, 5.74) is 2.82. The number of aromatic nitrogens is 2.